The molecule has 0 amide bonds. The maximum absolute atomic E-state index is 12.0. The van der Waals surface area contributed by atoms with E-state index < -0.39 is 0 Å². The highest BCUT2D eigenvalue weighted by molar-refractivity contribution is 6.30. The van der Waals surface area contributed by atoms with Crippen LogP contribution >= 0.6 is 11.6 Å². The molecule has 5 heteroatoms. The van der Waals surface area contributed by atoms with Crippen LogP contribution in [-0.4, -0.2) is 11.1 Å². The van der Waals surface area contributed by atoms with Gasteiger partial charge in [-0.25, -0.2) is 0 Å². The number of hydrogen-bond acceptors (Lipinski definition) is 3. The molecule has 0 fully saturated rings. The first kappa shape index (κ1) is 13.6. The Hall–Kier alpha value is -1.78. The summed E-state index contributed by atoms with van der Waals surface area (Å²) in [4.78, 5) is 12.0. The van der Waals surface area contributed by atoms with Crippen molar-refractivity contribution in [3.8, 4) is 5.75 Å². The predicted molar refractivity (Wildman–Crippen MR) is 75.5 cm³/mol. The molecule has 2 rings (SSSR count). The molecule has 19 heavy (non-hydrogen) atoms. The van der Waals surface area contributed by atoms with Crippen LogP contribution in [0.4, 0.5) is 0 Å². The molecule has 1 aromatic carbocycles. The Kier molecular flexibility index (Phi) is 4.60. The van der Waals surface area contributed by atoms with Crippen molar-refractivity contribution in [3.05, 3.63) is 63.5 Å². The van der Waals surface area contributed by atoms with Gasteiger partial charge in [-0.2, -0.15) is 0 Å². The van der Waals surface area contributed by atoms with Gasteiger partial charge < -0.3 is 15.0 Å². The van der Waals surface area contributed by atoms with Crippen LogP contribution in [0.2, 0.25) is 5.02 Å². The second-order valence-electron chi connectivity index (χ2n) is 4.08. The van der Waals surface area contributed by atoms with Gasteiger partial charge in [-0.15, -0.1) is 0 Å². The molecule has 2 N–H and O–H groups in total. The van der Waals surface area contributed by atoms with E-state index in [0.717, 1.165) is 5.56 Å². The number of nitrogens with two attached hydrogens (primary N) is 1. The average Bonchev–Trinajstić information content (AvgIpc) is 2.40. The Morgan fingerprint density at radius 2 is 2.11 bits per heavy atom. The summed E-state index contributed by atoms with van der Waals surface area (Å²) < 4.78 is 7.07. The van der Waals surface area contributed by atoms with Crippen molar-refractivity contribution >= 4 is 11.6 Å². The normalized spacial score (nSPS) is 10.4. The number of aromatic nitrogens is 1. The van der Waals surface area contributed by atoms with E-state index in [1.807, 2.05) is 18.2 Å². The Balaban J connectivity index is 2.11. The fraction of sp³-hybridized carbons (Fsp3) is 0.214. The summed E-state index contributed by atoms with van der Waals surface area (Å²) in [5, 5.41) is 0.648. The van der Waals surface area contributed by atoms with Crippen molar-refractivity contribution in [1.29, 1.82) is 0 Å². The maximum Gasteiger partial charge on any atom is 0.292 e. The van der Waals surface area contributed by atoms with Crippen LogP contribution in [0.3, 0.4) is 0 Å². The highest BCUT2D eigenvalue weighted by Crippen LogP contribution is 2.12. The van der Waals surface area contributed by atoms with Crippen LogP contribution < -0.4 is 16.0 Å². The molecule has 2 aromatic rings. The van der Waals surface area contributed by atoms with Crippen molar-refractivity contribution in [2.45, 2.75) is 13.2 Å². The lowest BCUT2D eigenvalue weighted by Crippen LogP contribution is -2.24. The molecule has 4 nitrogen and oxygen atoms in total. The van der Waals surface area contributed by atoms with Crippen molar-refractivity contribution in [2.75, 3.05) is 6.54 Å². The minimum Gasteiger partial charge on any atom is -0.483 e. The zero-order chi connectivity index (χ0) is 13.7. The van der Waals surface area contributed by atoms with E-state index in [0.29, 0.717) is 30.5 Å². The van der Waals surface area contributed by atoms with Gasteiger partial charge in [0.2, 0.25) is 0 Å². The van der Waals surface area contributed by atoms with Gasteiger partial charge in [0, 0.05) is 24.3 Å². The molecule has 0 aliphatic heterocycles. The molecular formula is C14H15ClN2O2. The molecule has 0 radical (unpaired) electrons. The van der Waals surface area contributed by atoms with Crippen LogP contribution in [0.15, 0.2) is 47.4 Å². The minimum atomic E-state index is -0.171. The fourth-order valence-electron chi connectivity index (χ4n) is 1.73. The van der Waals surface area contributed by atoms with Crippen molar-refractivity contribution in [1.82, 2.24) is 4.57 Å². The number of rotatable bonds is 5. The second kappa shape index (κ2) is 6.41. The van der Waals surface area contributed by atoms with Crippen molar-refractivity contribution < 1.29 is 4.74 Å². The lowest BCUT2D eigenvalue weighted by atomic mass is 10.2. The first-order valence-electron chi connectivity index (χ1n) is 5.97. The van der Waals surface area contributed by atoms with Gasteiger partial charge in [-0.1, -0.05) is 23.7 Å². The second-order valence-corrected chi connectivity index (χ2v) is 4.51. The molecule has 0 unspecified atom stereocenters. The third kappa shape index (κ3) is 3.59. The first-order chi connectivity index (χ1) is 9.20. The van der Waals surface area contributed by atoms with Crippen LogP contribution in [0, 0.1) is 0 Å². The smallest absolute Gasteiger partial charge is 0.292 e. The Morgan fingerprint density at radius 3 is 2.84 bits per heavy atom. The number of halogens is 1. The van der Waals surface area contributed by atoms with E-state index >= 15 is 0 Å². The zero-order valence-corrected chi connectivity index (χ0v) is 11.1. The molecule has 0 saturated carbocycles. The highest BCUT2D eigenvalue weighted by Gasteiger charge is 2.04. The molecule has 0 spiro atoms. The molecule has 0 aliphatic carbocycles. The summed E-state index contributed by atoms with van der Waals surface area (Å²) in [6.45, 7) is 1.20. The average molecular weight is 279 g/mol. The lowest BCUT2D eigenvalue weighted by molar-refractivity contribution is 0.299. The Labute approximate surface area is 116 Å². The van der Waals surface area contributed by atoms with Gasteiger partial charge in [-0.3, -0.25) is 4.79 Å². The van der Waals surface area contributed by atoms with Gasteiger partial charge >= 0.3 is 0 Å². The fourth-order valence-corrected chi connectivity index (χ4v) is 1.94. The monoisotopic (exact) mass is 278 g/mol. The summed E-state index contributed by atoms with van der Waals surface area (Å²) in [6.07, 6.45) is 1.70. The summed E-state index contributed by atoms with van der Waals surface area (Å²) in [5.41, 5.74) is 6.19. The maximum atomic E-state index is 12.0. The van der Waals surface area contributed by atoms with Crippen LogP contribution in [0.1, 0.15) is 5.56 Å². The highest BCUT2D eigenvalue weighted by atomic mass is 35.5. The van der Waals surface area contributed by atoms with Crippen LogP contribution in [0.25, 0.3) is 0 Å². The van der Waals surface area contributed by atoms with Gasteiger partial charge in [0.25, 0.3) is 5.56 Å². The van der Waals surface area contributed by atoms with Gasteiger partial charge in [0.05, 0.1) is 0 Å². The summed E-state index contributed by atoms with van der Waals surface area (Å²) in [7, 11) is 0. The van der Waals surface area contributed by atoms with E-state index in [2.05, 4.69) is 0 Å². The predicted octanol–water partition coefficient (Wildman–Crippen LogP) is 2.04. The van der Waals surface area contributed by atoms with E-state index in [-0.39, 0.29) is 5.56 Å². The van der Waals surface area contributed by atoms with E-state index in [9.17, 15) is 4.79 Å². The largest absolute Gasteiger partial charge is 0.483 e. The summed E-state index contributed by atoms with van der Waals surface area (Å²) in [6, 6.07) is 10.8. The number of benzene rings is 1. The standard InChI is InChI=1S/C14H15ClN2O2/c15-12-4-1-3-11(9-12)10-19-13-5-2-7-17(8-6-16)14(13)18/h1-5,7,9H,6,8,10,16H2. The molecule has 0 atom stereocenters. The van der Waals surface area contributed by atoms with E-state index in [1.54, 1.807) is 24.4 Å². The van der Waals surface area contributed by atoms with Gasteiger partial charge in [0.15, 0.2) is 5.75 Å². The van der Waals surface area contributed by atoms with Crippen molar-refractivity contribution in [3.63, 3.8) is 0 Å². The molecule has 1 aromatic heterocycles. The summed E-state index contributed by atoms with van der Waals surface area (Å²) in [5.74, 6) is 0.316. The number of pyridine rings is 1. The SMILES string of the molecule is NCCn1cccc(OCc2cccc(Cl)c2)c1=O. The number of nitrogens with zero attached hydrogens (tertiary/aromatic N) is 1. The number of hydrogen-bond donors (Lipinski definition) is 1. The van der Waals surface area contributed by atoms with Gasteiger partial charge in [-0.05, 0) is 29.8 Å². The van der Waals surface area contributed by atoms with Crippen molar-refractivity contribution in [2.24, 2.45) is 5.73 Å². The third-order valence-electron chi connectivity index (χ3n) is 2.64. The molecule has 1 heterocycles. The zero-order valence-electron chi connectivity index (χ0n) is 10.4. The topological polar surface area (TPSA) is 57.2 Å². The van der Waals surface area contributed by atoms with E-state index in [4.69, 9.17) is 22.1 Å². The Bertz CT molecular complexity index is 610. The van der Waals surface area contributed by atoms with Crippen LogP contribution in [-0.2, 0) is 13.2 Å². The molecule has 0 bridgehead atoms. The van der Waals surface area contributed by atoms with Crippen LogP contribution in [0.5, 0.6) is 5.75 Å². The third-order valence-corrected chi connectivity index (χ3v) is 2.87. The number of ether oxygens (including phenoxy) is 1. The molecular weight excluding hydrogens is 264 g/mol. The molecule has 100 valence electrons. The summed E-state index contributed by atoms with van der Waals surface area (Å²) >= 11 is 5.89. The van der Waals surface area contributed by atoms with Gasteiger partial charge in [0.1, 0.15) is 6.61 Å². The Morgan fingerprint density at radius 1 is 1.26 bits per heavy atom. The first-order valence-corrected chi connectivity index (χ1v) is 6.35. The minimum absolute atomic E-state index is 0.171. The molecule has 0 aliphatic rings. The lowest BCUT2D eigenvalue weighted by Gasteiger charge is -2.09. The quantitative estimate of drug-likeness (QED) is 0.910. The molecule has 0 saturated heterocycles. The van der Waals surface area contributed by atoms with E-state index in [1.165, 1.54) is 4.57 Å².